The number of amidine groups is 1. The quantitative estimate of drug-likeness (QED) is 0.271. The number of thioether (sulfide) groups is 1. The molecule has 0 unspecified atom stereocenters. The maximum atomic E-state index is 11.8. The van der Waals surface area contributed by atoms with Crippen LogP contribution in [0.1, 0.15) is 25.8 Å². The van der Waals surface area contributed by atoms with E-state index < -0.39 is 11.9 Å². The van der Waals surface area contributed by atoms with Gasteiger partial charge in [0, 0.05) is 16.1 Å². The number of carbonyl (C=O) groups is 2. The Kier molecular flexibility index (Phi) is 8.52. The van der Waals surface area contributed by atoms with Crippen LogP contribution < -0.4 is 14.8 Å². The molecular weight excluding hydrogens is 450 g/mol. The Bertz CT molecular complexity index is 839. The lowest BCUT2D eigenvalue weighted by Crippen LogP contribution is -2.19. The van der Waals surface area contributed by atoms with Gasteiger partial charge in [-0.2, -0.15) is 5.10 Å². The van der Waals surface area contributed by atoms with E-state index >= 15 is 0 Å². The number of nitrogens with zero attached hydrogens (tertiary/aromatic N) is 2. The van der Waals surface area contributed by atoms with Crippen LogP contribution in [0, 0.1) is 0 Å². The summed E-state index contributed by atoms with van der Waals surface area (Å²) < 4.78 is 16.6. The van der Waals surface area contributed by atoms with E-state index in [4.69, 9.17) is 9.47 Å². The van der Waals surface area contributed by atoms with E-state index in [2.05, 4.69) is 36.2 Å². The summed E-state index contributed by atoms with van der Waals surface area (Å²) in [7, 11) is 1.24. The van der Waals surface area contributed by atoms with Crippen LogP contribution in [0.2, 0.25) is 0 Å². The third kappa shape index (κ3) is 6.10. The molecule has 0 aliphatic carbocycles. The standard InChI is InChI=1S/C18H20BrN3O5S/c1-4-6-27-14-8-12(19)11(7-13(14)26-5-2)10-20-22-18-21-17(24)15(28-18)9-16(23)25-3/h7-10H,4-6H2,1-3H3,(H,21,22,24)/b15-9+,20-10?. The molecule has 28 heavy (non-hydrogen) atoms. The molecule has 8 nitrogen and oxygen atoms in total. The fourth-order valence-electron chi connectivity index (χ4n) is 2.03. The molecule has 1 aliphatic rings. The predicted octanol–water partition coefficient (Wildman–Crippen LogP) is 3.25. The molecule has 0 spiro atoms. The second kappa shape index (κ2) is 10.9. The van der Waals surface area contributed by atoms with E-state index in [1.54, 1.807) is 6.07 Å². The number of esters is 1. The van der Waals surface area contributed by atoms with Crippen LogP contribution in [0.4, 0.5) is 0 Å². The smallest absolute Gasteiger partial charge is 0.331 e. The van der Waals surface area contributed by atoms with Crippen LogP contribution in [0.5, 0.6) is 11.5 Å². The molecule has 0 radical (unpaired) electrons. The van der Waals surface area contributed by atoms with Crippen LogP contribution in [0.25, 0.3) is 0 Å². The van der Waals surface area contributed by atoms with E-state index in [-0.39, 0.29) is 10.1 Å². The monoisotopic (exact) mass is 469 g/mol. The zero-order chi connectivity index (χ0) is 20.5. The Labute approximate surface area is 175 Å². The molecule has 2 rings (SSSR count). The summed E-state index contributed by atoms with van der Waals surface area (Å²) in [6.45, 7) is 5.01. The number of hydrogen-bond donors (Lipinski definition) is 1. The van der Waals surface area contributed by atoms with Crippen molar-refractivity contribution in [1.29, 1.82) is 0 Å². The average Bonchev–Trinajstić information content (AvgIpc) is 3.02. The molecular formula is C18H20BrN3O5S. The fraction of sp³-hybridized carbons (Fsp3) is 0.333. The topological polar surface area (TPSA) is 98.6 Å². The Morgan fingerprint density at radius 1 is 1.29 bits per heavy atom. The molecule has 10 heteroatoms. The summed E-state index contributed by atoms with van der Waals surface area (Å²) in [6.07, 6.45) is 3.52. The fourth-order valence-corrected chi connectivity index (χ4v) is 3.19. The summed E-state index contributed by atoms with van der Waals surface area (Å²) in [5.41, 5.74) is 0.733. The van der Waals surface area contributed by atoms with Crippen LogP contribution >= 0.6 is 27.7 Å². The van der Waals surface area contributed by atoms with Crippen LogP contribution in [-0.4, -0.2) is 43.6 Å². The van der Waals surface area contributed by atoms with Crippen LogP contribution in [0.3, 0.4) is 0 Å². The van der Waals surface area contributed by atoms with Gasteiger partial charge in [-0.15, -0.1) is 5.10 Å². The Morgan fingerprint density at radius 3 is 2.71 bits per heavy atom. The van der Waals surface area contributed by atoms with Gasteiger partial charge in [0.1, 0.15) is 0 Å². The lowest BCUT2D eigenvalue weighted by atomic mass is 10.2. The average molecular weight is 470 g/mol. The van der Waals surface area contributed by atoms with Gasteiger partial charge in [-0.3, -0.25) is 10.1 Å². The minimum atomic E-state index is -0.611. The van der Waals surface area contributed by atoms with Gasteiger partial charge in [0.15, 0.2) is 16.7 Å². The van der Waals surface area contributed by atoms with E-state index in [1.165, 1.54) is 13.3 Å². The first-order valence-corrected chi connectivity index (χ1v) is 10.1. The SMILES string of the molecule is CCCOc1cc(Br)c(C=N/N=C2/NC(=O)/C(=C\C(=O)OC)S2)cc1OCC. The number of amides is 1. The van der Waals surface area contributed by atoms with Crippen molar-refractivity contribution in [2.45, 2.75) is 20.3 Å². The summed E-state index contributed by atoms with van der Waals surface area (Å²) >= 11 is 4.49. The van der Waals surface area contributed by atoms with Gasteiger partial charge in [-0.05, 0) is 53.2 Å². The molecule has 1 amide bonds. The highest BCUT2D eigenvalue weighted by molar-refractivity contribution is 9.10. The van der Waals surface area contributed by atoms with Gasteiger partial charge in [0.25, 0.3) is 5.91 Å². The van der Waals surface area contributed by atoms with Gasteiger partial charge < -0.3 is 14.2 Å². The number of hydrogen-bond acceptors (Lipinski definition) is 8. The molecule has 1 aromatic carbocycles. The highest BCUT2D eigenvalue weighted by Gasteiger charge is 2.25. The zero-order valence-electron chi connectivity index (χ0n) is 15.7. The largest absolute Gasteiger partial charge is 0.490 e. The zero-order valence-corrected chi connectivity index (χ0v) is 18.1. The second-order valence-electron chi connectivity index (χ2n) is 5.34. The first-order chi connectivity index (χ1) is 13.5. The van der Waals surface area contributed by atoms with Gasteiger partial charge in [0.05, 0.1) is 31.4 Å². The second-order valence-corrected chi connectivity index (χ2v) is 7.22. The highest BCUT2D eigenvalue weighted by Crippen LogP contribution is 2.33. The number of carbonyl (C=O) groups excluding carboxylic acids is 2. The molecule has 1 heterocycles. The van der Waals surface area contributed by atoms with Gasteiger partial charge >= 0.3 is 5.97 Å². The molecule has 0 aromatic heterocycles. The van der Waals surface area contributed by atoms with Gasteiger partial charge in [-0.1, -0.05) is 6.92 Å². The van der Waals surface area contributed by atoms with E-state index in [0.717, 1.165) is 34.3 Å². The third-order valence-corrected chi connectivity index (χ3v) is 4.86. The number of benzene rings is 1. The molecule has 0 atom stereocenters. The molecule has 1 saturated heterocycles. The van der Waals surface area contributed by atoms with E-state index in [0.29, 0.717) is 24.7 Å². The normalized spacial score (nSPS) is 16.6. The predicted molar refractivity (Wildman–Crippen MR) is 112 cm³/mol. The van der Waals surface area contributed by atoms with Crippen molar-refractivity contribution < 1.29 is 23.8 Å². The molecule has 150 valence electrons. The lowest BCUT2D eigenvalue weighted by molar-refractivity contribution is -0.135. The van der Waals surface area contributed by atoms with E-state index in [9.17, 15) is 9.59 Å². The molecule has 1 N–H and O–H groups in total. The summed E-state index contributed by atoms with van der Waals surface area (Å²) in [6, 6.07) is 3.61. The molecule has 1 aliphatic heterocycles. The van der Waals surface area contributed by atoms with Crippen molar-refractivity contribution in [3.05, 3.63) is 33.2 Å². The maximum absolute atomic E-state index is 11.8. The van der Waals surface area contributed by atoms with Crippen molar-refractivity contribution in [3.8, 4) is 11.5 Å². The van der Waals surface area contributed by atoms with E-state index in [1.807, 2.05) is 19.9 Å². The summed E-state index contributed by atoms with van der Waals surface area (Å²) in [5, 5.41) is 10.8. The Hall–Kier alpha value is -2.33. The highest BCUT2D eigenvalue weighted by atomic mass is 79.9. The number of methoxy groups -OCH3 is 1. The lowest BCUT2D eigenvalue weighted by Gasteiger charge is -2.13. The Morgan fingerprint density at radius 2 is 2.04 bits per heavy atom. The third-order valence-electron chi connectivity index (χ3n) is 3.27. The molecule has 0 bridgehead atoms. The van der Waals surface area contributed by atoms with Crippen molar-refractivity contribution in [3.63, 3.8) is 0 Å². The molecule has 0 saturated carbocycles. The van der Waals surface area contributed by atoms with Gasteiger partial charge in [-0.25, -0.2) is 4.79 Å². The number of nitrogens with one attached hydrogen (secondary N) is 1. The first kappa shape index (κ1) is 22.0. The molecule has 1 fully saturated rings. The minimum Gasteiger partial charge on any atom is -0.490 e. The maximum Gasteiger partial charge on any atom is 0.331 e. The molecule has 1 aromatic rings. The van der Waals surface area contributed by atoms with Crippen LogP contribution in [0.15, 0.2) is 37.8 Å². The first-order valence-electron chi connectivity index (χ1n) is 8.47. The number of halogens is 1. The summed E-state index contributed by atoms with van der Waals surface area (Å²) in [5.74, 6) is 0.220. The number of ether oxygens (including phenoxy) is 3. The number of rotatable bonds is 8. The summed E-state index contributed by atoms with van der Waals surface area (Å²) in [4.78, 5) is 23.2. The van der Waals surface area contributed by atoms with Gasteiger partial charge in [0.2, 0.25) is 0 Å². The van der Waals surface area contributed by atoms with Crippen molar-refractivity contribution in [2.75, 3.05) is 20.3 Å². The van der Waals surface area contributed by atoms with Crippen molar-refractivity contribution >= 4 is 51.0 Å². The van der Waals surface area contributed by atoms with Crippen molar-refractivity contribution in [2.24, 2.45) is 10.2 Å². The van der Waals surface area contributed by atoms with Crippen LogP contribution in [-0.2, 0) is 14.3 Å². The minimum absolute atomic E-state index is 0.193. The Balaban J connectivity index is 2.16. The van der Waals surface area contributed by atoms with Crippen molar-refractivity contribution in [1.82, 2.24) is 5.32 Å².